The van der Waals surface area contributed by atoms with E-state index >= 15 is 0 Å². The number of ether oxygens (including phenoxy) is 2. The lowest BCUT2D eigenvalue weighted by Crippen LogP contribution is -2.34. The molecular formula is C23H17F3N4O3. The van der Waals surface area contributed by atoms with Crippen molar-refractivity contribution < 1.29 is 27.4 Å². The fraction of sp³-hybridized carbons (Fsp3) is 0.174. The van der Waals surface area contributed by atoms with E-state index in [2.05, 4.69) is 9.97 Å². The van der Waals surface area contributed by atoms with Crippen LogP contribution >= 0.6 is 0 Å². The van der Waals surface area contributed by atoms with Crippen molar-refractivity contribution in [3.63, 3.8) is 0 Å². The first-order valence-corrected chi connectivity index (χ1v) is 10.0. The molecule has 0 fully saturated rings. The van der Waals surface area contributed by atoms with Gasteiger partial charge in [0.2, 0.25) is 18.5 Å². The number of anilines is 1. The first-order valence-electron chi connectivity index (χ1n) is 10.0. The Balaban J connectivity index is 1.54. The Morgan fingerprint density at radius 3 is 2.67 bits per heavy atom. The fourth-order valence-electron chi connectivity index (χ4n) is 3.72. The number of rotatable bonds is 5. The maximum atomic E-state index is 13.7. The summed E-state index contributed by atoms with van der Waals surface area (Å²) in [7, 11) is 0. The van der Waals surface area contributed by atoms with Crippen LogP contribution in [0.2, 0.25) is 0 Å². The number of carbonyl (C=O) groups is 1. The van der Waals surface area contributed by atoms with Gasteiger partial charge in [0.15, 0.2) is 11.5 Å². The average Bonchev–Trinajstić information content (AvgIpc) is 3.42. The number of halogens is 3. The summed E-state index contributed by atoms with van der Waals surface area (Å²) in [5.74, 6) is -0.677. The molecule has 1 amide bonds. The van der Waals surface area contributed by atoms with Crippen LogP contribution in [0.15, 0.2) is 67.0 Å². The lowest BCUT2D eigenvalue weighted by molar-refractivity contribution is -0.147. The van der Waals surface area contributed by atoms with E-state index < -0.39 is 24.5 Å². The zero-order valence-corrected chi connectivity index (χ0v) is 17.1. The number of hydrogen-bond donors (Lipinski definition) is 0. The summed E-state index contributed by atoms with van der Waals surface area (Å²) in [4.78, 5) is 22.6. The molecule has 0 radical (unpaired) electrons. The van der Waals surface area contributed by atoms with Crippen LogP contribution in [-0.2, 0) is 24.1 Å². The molecule has 33 heavy (non-hydrogen) atoms. The molecular weight excluding hydrogens is 437 g/mol. The SMILES string of the molecule is O=C(Cn1c(C(F)(F)F)nc2ccccc21)N(Cc1cccnc1)c1ccc2c(c1)OCO2. The van der Waals surface area contributed by atoms with Gasteiger partial charge in [0.05, 0.1) is 17.6 Å². The summed E-state index contributed by atoms with van der Waals surface area (Å²) in [5, 5.41) is 0. The minimum absolute atomic E-state index is 0.0608. The van der Waals surface area contributed by atoms with Crippen LogP contribution in [0.3, 0.4) is 0 Å². The summed E-state index contributed by atoms with van der Waals surface area (Å²) in [6.07, 6.45) is -1.52. The molecule has 0 spiro atoms. The van der Waals surface area contributed by atoms with E-state index in [0.717, 1.165) is 10.1 Å². The second kappa shape index (κ2) is 8.12. The number of imidazole rings is 1. The van der Waals surface area contributed by atoms with Crippen molar-refractivity contribution in [1.29, 1.82) is 0 Å². The van der Waals surface area contributed by atoms with Crippen molar-refractivity contribution >= 4 is 22.6 Å². The number of pyridine rings is 1. The number of alkyl halides is 3. The molecule has 0 aliphatic carbocycles. The molecule has 3 heterocycles. The van der Waals surface area contributed by atoms with Crippen molar-refractivity contribution in [3.05, 3.63) is 78.4 Å². The van der Waals surface area contributed by atoms with Crippen LogP contribution in [0, 0.1) is 0 Å². The summed E-state index contributed by atoms with van der Waals surface area (Å²) in [6.45, 7) is -0.379. The van der Waals surface area contributed by atoms with Crippen LogP contribution < -0.4 is 14.4 Å². The molecule has 0 atom stereocenters. The van der Waals surface area contributed by atoms with Gasteiger partial charge in [-0.2, -0.15) is 13.2 Å². The number of amides is 1. The number of fused-ring (bicyclic) bond motifs is 2. The van der Waals surface area contributed by atoms with E-state index in [1.165, 1.54) is 17.0 Å². The zero-order valence-electron chi connectivity index (χ0n) is 17.1. The van der Waals surface area contributed by atoms with Crippen LogP contribution in [-0.4, -0.2) is 27.2 Å². The molecule has 10 heteroatoms. The Kier molecular flexibility index (Phi) is 5.12. The Morgan fingerprint density at radius 1 is 1.06 bits per heavy atom. The summed E-state index contributed by atoms with van der Waals surface area (Å²) in [5.41, 5.74) is 1.57. The number of benzene rings is 2. The van der Waals surface area contributed by atoms with E-state index in [1.807, 2.05) is 0 Å². The van der Waals surface area contributed by atoms with Crippen LogP contribution in [0.5, 0.6) is 11.5 Å². The molecule has 0 unspecified atom stereocenters. The van der Waals surface area contributed by atoms with E-state index in [0.29, 0.717) is 17.2 Å². The third kappa shape index (κ3) is 4.07. The number of hydrogen-bond acceptors (Lipinski definition) is 5. The monoisotopic (exact) mass is 454 g/mol. The molecule has 5 rings (SSSR count). The lowest BCUT2D eigenvalue weighted by atomic mass is 10.2. The highest BCUT2D eigenvalue weighted by molar-refractivity contribution is 5.94. The standard InChI is InChI=1S/C23H17F3N4O3/c24-23(25,26)22-28-17-5-1-2-6-18(17)30(22)13-21(31)29(12-15-4-3-9-27-11-15)16-7-8-19-20(10-16)33-14-32-19/h1-11H,12-14H2. The van der Waals surface area contributed by atoms with Gasteiger partial charge in [-0.25, -0.2) is 4.98 Å². The molecule has 2 aromatic carbocycles. The lowest BCUT2D eigenvalue weighted by Gasteiger charge is -2.24. The highest BCUT2D eigenvalue weighted by Crippen LogP contribution is 2.36. The smallest absolute Gasteiger partial charge is 0.449 e. The van der Waals surface area contributed by atoms with E-state index in [-0.39, 0.29) is 24.4 Å². The van der Waals surface area contributed by atoms with Crippen molar-refractivity contribution in [2.45, 2.75) is 19.3 Å². The first kappa shape index (κ1) is 20.8. The quantitative estimate of drug-likeness (QED) is 0.447. The first-order chi connectivity index (χ1) is 15.9. The van der Waals surface area contributed by atoms with Gasteiger partial charge >= 0.3 is 6.18 Å². The second-order valence-corrected chi connectivity index (χ2v) is 7.39. The van der Waals surface area contributed by atoms with Gasteiger partial charge < -0.3 is 18.9 Å². The molecule has 4 aromatic rings. The molecule has 0 bridgehead atoms. The average molecular weight is 454 g/mol. The van der Waals surface area contributed by atoms with Crippen molar-refractivity contribution in [2.75, 3.05) is 11.7 Å². The maximum absolute atomic E-state index is 13.7. The highest BCUT2D eigenvalue weighted by Gasteiger charge is 2.38. The molecule has 0 N–H and O–H groups in total. The van der Waals surface area contributed by atoms with Crippen LogP contribution in [0.25, 0.3) is 11.0 Å². The summed E-state index contributed by atoms with van der Waals surface area (Å²) < 4.78 is 52.8. The van der Waals surface area contributed by atoms with Crippen molar-refractivity contribution in [2.24, 2.45) is 0 Å². The Bertz CT molecular complexity index is 1320. The van der Waals surface area contributed by atoms with Gasteiger partial charge in [0, 0.05) is 24.1 Å². The normalized spacial score (nSPS) is 12.8. The topological polar surface area (TPSA) is 69.5 Å². The number of nitrogens with zero attached hydrogens (tertiary/aromatic N) is 4. The van der Waals surface area contributed by atoms with E-state index in [9.17, 15) is 18.0 Å². The minimum atomic E-state index is -4.72. The van der Waals surface area contributed by atoms with Gasteiger partial charge in [0.25, 0.3) is 0 Å². The predicted octanol–water partition coefficient (Wildman–Crippen LogP) is 4.41. The van der Waals surface area contributed by atoms with Gasteiger partial charge in [0.1, 0.15) is 6.54 Å². The van der Waals surface area contributed by atoms with Gasteiger partial charge in [-0.1, -0.05) is 18.2 Å². The van der Waals surface area contributed by atoms with E-state index in [1.54, 1.807) is 54.9 Å². The third-order valence-electron chi connectivity index (χ3n) is 5.23. The molecule has 1 aliphatic rings. The molecule has 0 saturated heterocycles. The molecule has 168 valence electrons. The number of aromatic nitrogens is 3. The van der Waals surface area contributed by atoms with Crippen LogP contribution in [0.1, 0.15) is 11.4 Å². The highest BCUT2D eigenvalue weighted by atomic mass is 19.4. The molecule has 2 aromatic heterocycles. The van der Waals surface area contributed by atoms with Gasteiger partial charge in [-0.05, 0) is 35.9 Å². The molecule has 0 saturated carbocycles. The van der Waals surface area contributed by atoms with Crippen molar-refractivity contribution in [3.8, 4) is 11.5 Å². The van der Waals surface area contributed by atoms with Crippen LogP contribution in [0.4, 0.5) is 18.9 Å². The third-order valence-corrected chi connectivity index (χ3v) is 5.23. The van der Waals surface area contributed by atoms with Gasteiger partial charge in [-0.3, -0.25) is 9.78 Å². The molecule has 1 aliphatic heterocycles. The Morgan fingerprint density at radius 2 is 1.88 bits per heavy atom. The number of carbonyl (C=O) groups excluding carboxylic acids is 1. The van der Waals surface area contributed by atoms with Crippen molar-refractivity contribution in [1.82, 2.24) is 14.5 Å². The second-order valence-electron chi connectivity index (χ2n) is 7.39. The largest absolute Gasteiger partial charge is 0.454 e. The maximum Gasteiger partial charge on any atom is 0.449 e. The fourth-order valence-corrected chi connectivity index (χ4v) is 3.72. The van der Waals surface area contributed by atoms with E-state index in [4.69, 9.17) is 9.47 Å². The van der Waals surface area contributed by atoms with Gasteiger partial charge in [-0.15, -0.1) is 0 Å². The molecule has 7 nitrogen and oxygen atoms in total. The minimum Gasteiger partial charge on any atom is -0.454 e. The summed E-state index contributed by atoms with van der Waals surface area (Å²) >= 11 is 0. The summed E-state index contributed by atoms with van der Waals surface area (Å²) in [6, 6.07) is 14.7. The predicted molar refractivity (Wildman–Crippen MR) is 113 cm³/mol. The zero-order chi connectivity index (χ0) is 23.0. The number of para-hydroxylation sites is 2. The Hall–Kier alpha value is -4.08. The Labute approximate surface area is 186 Å².